The van der Waals surface area contributed by atoms with Crippen LogP contribution in [0.2, 0.25) is 0 Å². The van der Waals surface area contributed by atoms with Crippen molar-refractivity contribution in [3.05, 3.63) is 23.3 Å². The van der Waals surface area contributed by atoms with Crippen molar-refractivity contribution in [2.75, 3.05) is 24.7 Å². The molecule has 2 fully saturated rings. The van der Waals surface area contributed by atoms with Crippen LogP contribution >= 0.6 is 0 Å². The van der Waals surface area contributed by atoms with Gasteiger partial charge >= 0.3 is 6.18 Å². The zero-order chi connectivity index (χ0) is 22.7. The highest BCUT2D eigenvalue weighted by molar-refractivity contribution is 7.88. The summed E-state index contributed by atoms with van der Waals surface area (Å²) in [6.07, 6.45) is -2.76. The zero-order valence-electron chi connectivity index (χ0n) is 16.8. The zero-order valence-corrected chi connectivity index (χ0v) is 17.6. The Morgan fingerprint density at radius 3 is 2.48 bits per heavy atom. The molecule has 0 bridgehead atoms. The first-order valence-corrected chi connectivity index (χ1v) is 11.7. The van der Waals surface area contributed by atoms with Crippen molar-refractivity contribution in [3.63, 3.8) is 0 Å². The summed E-state index contributed by atoms with van der Waals surface area (Å²) in [5.41, 5.74) is -0.417. The van der Waals surface area contributed by atoms with E-state index in [1.54, 1.807) is 0 Å². The lowest BCUT2D eigenvalue weighted by atomic mass is 10.0. The van der Waals surface area contributed by atoms with Crippen molar-refractivity contribution >= 4 is 21.5 Å². The quantitative estimate of drug-likeness (QED) is 0.684. The van der Waals surface area contributed by atoms with Gasteiger partial charge in [0.15, 0.2) is 5.82 Å². The summed E-state index contributed by atoms with van der Waals surface area (Å²) in [6, 6.07) is -0.831. The molecule has 4 rings (SSSR count). The number of piperidine rings is 1. The average Bonchev–Trinajstić information content (AvgIpc) is 3.46. The fourth-order valence-corrected chi connectivity index (χ4v) is 4.80. The summed E-state index contributed by atoms with van der Waals surface area (Å²) in [7, 11) is -3.54. The van der Waals surface area contributed by atoms with E-state index in [-0.39, 0.29) is 48.2 Å². The van der Waals surface area contributed by atoms with E-state index in [0.29, 0.717) is 12.8 Å². The number of anilines is 1. The molecule has 1 saturated carbocycles. The molecule has 3 heterocycles. The van der Waals surface area contributed by atoms with E-state index in [1.165, 1.54) is 0 Å². The summed E-state index contributed by atoms with van der Waals surface area (Å²) in [5, 5.41) is 6.78. The van der Waals surface area contributed by atoms with Crippen LogP contribution in [0.25, 0.3) is 5.52 Å². The molecule has 1 saturated heterocycles. The SMILES string of the molecule is C[C@H](c1c(C2CC2)c(F)c2cnc(N[C@@H]3CCN(S(C)(=O)=O)C[C@H]3F)nn12)C(F)(F)F. The van der Waals surface area contributed by atoms with E-state index in [9.17, 15) is 30.4 Å². The maximum atomic E-state index is 14.9. The summed E-state index contributed by atoms with van der Waals surface area (Å²) in [4.78, 5) is 3.96. The first-order valence-electron chi connectivity index (χ1n) is 9.87. The number of nitrogens with one attached hydrogen (secondary N) is 1. The van der Waals surface area contributed by atoms with Crippen molar-refractivity contribution in [2.45, 2.75) is 56.4 Å². The predicted octanol–water partition coefficient (Wildman–Crippen LogP) is 3.20. The Morgan fingerprint density at radius 1 is 1.26 bits per heavy atom. The third-order valence-electron chi connectivity index (χ3n) is 5.87. The first-order chi connectivity index (χ1) is 14.4. The highest BCUT2D eigenvalue weighted by atomic mass is 32.2. The normalized spacial score (nSPS) is 24.5. The molecule has 0 amide bonds. The van der Waals surface area contributed by atoms with Gasteiger partial charge in [-0.05, 0) is 32.1 Å². The largest absolute Gasteiger partial charge is 0.396 e. The van der Waals surface area contributed by atoms with E-state index < -0.39 is 40.1 Å². The number of hydrogen-bond donors (Lipinski definition) is 1. The molecule has 0 aromatic carbocycles. The summed E-state index contributed by atoms with van der Waals surface area (Å²) in [6.45, 7) is 0.694. The molecule has 3 atom stereocenters. The van der Waals surface area contributed by atoms with Crippen LogP contribution < -0.4 is 5.32 Å². The lowest BCUT2D eigenvalue weighted by Gasteiger charge is -2.33. The minimum atomic E-state index is -4.59. The Morgan fingerprint density at radius 2 is 1.94 bits per heavy atom. The van der Waals surface area contributed by atoms with E-state index in [2.05, 4.69) is 15.4 Å². The van der Waals surface area contributed by atoms with Crippen LogP contribution in [0.3, 0.4) is 0 Å². The van der Waals surface area contributed by atoms with Crippen molar-refractivity contribution in [2.24, 2.45) is 0 Å². The molecule has 2 aromatic heterocycles. The molecule has 13 heteroatoms. The average molecular weight is 467 g/mol. The van der Waals surface area contributed by atoms with Crippen LogP contribution in [0.15, 0.2) is 6.20 Å². The topological polar surface area (TPSA) is 79.6 Å². The summed E-state index contributed by atoms with van der Waals surface area (Å²) >= 11 is 0. The van der Waals surface area contributed by atoms with Gasteiger partial charge in [-0.3, -0.25) is 0 Å². The van der Waals surface area contributed by atoms with Gasteiger partial charge in [0, 0.05) is 18.7 Å². The second-order valence-corrected chi connectivity index (χ2v) is 10.2. The smallest absolute Gasteiger partial charge is 0.347 e. The van der Waals surface area contributed by atoms with Gasteiger partial charge in [-0.15, -0.1) is 5.10 Å². The van der Waals surface area contributed by atoms with Gasteiger partial charge in [-0.1, -0.05) is 0 Å². The molecule has 0 unspecified atom stereocenters. The predicted molar refractivity (Wildman–Crippen MR) is 103 cm³/mol. The van der Waals surface area contributed by atoms with E-state index in [1.807, 2.05) is 0 Å². The third-order valence-corrected chi connectivity index (χ3v) is 7.14. The number of fused-ring (bicyclic) bond motifs is 1. The molecule has 172 valence electrons. The third kappa shape index (κ3) is 4.21. The number of nitrogens with zero attached hydrogens (tertiary/aromatic N) is 4. The Hall–Kier alpha value is -2.02. The molecule has 0 radical (unpaired) electrons. The Labute approximate surface area is 175 Å². The van der Waals surface area contributed by atoms with Gasteiger partial charge in [0.25, 0.3) is 0 Å². The molecule has 1 aliphatic heterocycles. The van der Waals surface area contributed by atoms with Crippen LogP contribution in [0, 0.1) is 5.82 Å². The number of sulfonamides is 1. The highest BCUT2D eigenvalue weighted by Crippen LogP contribution is 2.48. The monoisotopic (exact) mass is 467 g/mol. The van der Waals surface area contributed by atoms with E-state index in [0.717, 1.165) is 28.2 Å². The molecular weight excluding hydrogens is 445 g/mol. The molecular formula is C18H22F5N5O2S. The van der Waals surface area contributed by atoms with Crippen molar-refractivity contribution in [3.8, 4) is 0 Å². The lowest BCUT2D eigenvalue weighted by molar-refractivity contribution is -0.147. The molecule has 2 aromatic rings. The Bertz CT molecular complexity index is 1100. The van der Waals surface area contributed by atoms with E-state index in [4.69, 9.17) is 0 Å². The van der Waals surface area contributed by atoms with Crippen molar-refractivity contribution in [1.82, 2.24) is 18.9 Å². The number of alkyl halides is 4. The summed E-state index contributed by atoms with van der Waals surface area (Å²) in [5.74, 6) is -3.14. The maximum absolute atomic E-state index is 14.9. The maximum Gasteiger partial charge on any atom is 0.396 e. The molecule has 31 heavy (non-hydrogen) atoms. The fraction of sp³-hybridized carbons (Fsp3) is 0.667. The summed E-state index contributed by atoms with van der Waals surface area (Å²) < 4.78 is 95.1. The lowest BCUT2D eigenvalue weighted by Crippen LogP contribution is -2.49. The number of halogens is 5. The molecule has 1 N–H and O–H groups in total. The highest BCUT2D eigenvalue weighted by Gasteiger charge is 2.44. The second kappa shape index (κ2) is 7.54. The Balaban J connectivity index is 1.67. The molecule has 7 nitrogen and oxygen atoms in total. The first kappa shape index (κ1) is 22.2. The van der Waals surface area contributed by atoms with Gasteiger partial charge in [0.05, 0.1) is 30.1 Å². The van der Waals surface area contributed by atoms with Gasteiger partial charge in [-0.25, -0.2) is 26.7 Å². The van der Waals surface area contributed by atoms with Crippen molar-refractivity contribution in [1.29, 1.82) is 0 Å². The van der Waals surface area contributed by atoms with Crippen LogP contribution in [-0.2, 0) is 10.0 Å². The van der Waals surface area contributed by atoms with Crippen LogP contribution in [0.4, 0.5) is 27.9 Å². The number of hydrogen-bond acceptors (Lipinski definition) is 5. The molecule has 1 aliphatic carbocycles. The Kier molecular flexibility index (Phi) is 5.39. The van der Waals surface area contributed by atoms with Gasteiger partial charge < -0.3 is 5.32 Å². The molecule has 0 spiro atoms. The molecule has 2 aliphatic rings. The van der Waals surface area contributed by atoms with Gasteiger partial charge in [-0.2, -0.15) is 17.5 Å². The van der Waals surface area contributed by atoms with Gasteiger partial charge in [0.2, 0.25) is 16.0 Å². The standard InChI is InChI=1S/C18H22F5N5O2S/c1-9(18(21,22)23)16-14(10-3-4-10)15(20)13-7-24-17(26-28(13)16)25-12-5-6-27(8-11(12)19)31(2,29)30/h7,9-12H,3-6,8H2,1-2H3,(H,25,26)/t9-,11-,12-/m1/s1. The van der Waals surface area contributed by atoms with Crippen molar-refractivity contribution < 1.29 is 30.4 Å². The van der Waals surface area contributed by atoms with E-state index >= 15 is 0 Å². The number of rotatable bonds is 5. The minimum Gasteiger partial charge on any atom is -0.347 e. The van der Waals surface area contributed by atoms with Crippen LogP contribution in [-0.4, -0.2) is 65.1 Å². The second-order valence-electron chi connectivity index (χ2n) is 8.21. The minimum absolute atomic E-state index is 0.0149. The van der Waals surface area contributed by atoms with Gasteiger partial charge in [0.1, 0.15) is 11.7 Å². The fourth-order valence-electron chi connectivity index (χ4n) is 3.95. The number of aromatic nitrogens is 3. The van der Waals surface area contributed by atoms with Crippen LogP contribution in [0.5, 0.6) is 0 Å². The van der Waals surface area contributed by atoms with Crippen LogP contribution in [0.1, 0.15) is 49.3 Å².